The Labute approximate surface area is 137 Å². The summed E-state index contributed by atoms with van der Waals surface area (Å²) in [7, 11) is 0. The van der Waals surface area contributed by atoms with Crippen molar-refractivity contribution in [1.29, 1.82) is 0 Å². The van der Waals surface area contributed by atoms with Gasteiger partial charge in [0.15, 0.2) is 17.4 Å². The van der Waals surface area contributed by atoms with Crippen LogP contribution < -0.4 is 10.6 Å². The lowest BCUT2D eigenvalue weighted by Gasteiger charge is -2.12. The number of aromatic nitrogens is 5. The molecule has 3 aromatic heterocycles. The molecule has 0 saturated carbocycles. The van der Waals surface area contributed by atoms with Crippen LogP contribution in [-0.2, 0) is 0 Å². The lowest BCUT2D eigenvalue weighted by molar-refractivity contribution is 0.369. The van der Waals surface area contributed by atoms with Gasteiger partial charge in [0.25, 0.3) is 0 Å². The van der Waals surface area contributed by atoms with Crippen LogP contribution in [0.1, 0.15) is 30.1 Å². The summed E-state index contributed by atoms with van der Waals surface area (Å²) < 4.78 is 5.23. The molecule has 0 aromatic carbocycles. The third-order valence-electron chi connectivity index (χ3n) is 3.12. The molecular weight excluding hydrogens is 318 g/mol. The van der Waals surface area contributed by atoms with E-state index in [1.54, 1.807) is 0 Å². The van der Waals surface area contributed by atoms with Crippen LogP contribution in [0.2, 0.25) is 5.02 Å². The summed E-state index contributed by atoms with van der Waals surface area (Å²) in [4.78, 5) is 8.54. The highest BCUT2D eigenvalue weighted by Gasteiger charge is 2.14. The molecule has 1 atom stereocenters. The number of hydrogen-bond donors (Lipinski definition) is 3. The summed E-state index contributed by atoms with van der Waals surface area (Å²) in [5, 5.41) is 17.4. The van der Waals surface area contributed by atoms with E-state index in [9.17, 15) is 0 Å². The van der Waals surface area contributed by atoms with Gasteiger partial charge in [-0.25, -0.2) is 4.98 Å². The molecule has 0 radical (unpaired) electrons. The molecule has 0 saturated heterocycles. The van der Waals surface area contributed by atoms with E-state index in [0.29, 0.717) is 28.4 Å². The highest BCUT2D eigenvalue weighted by Crippen LogP contribution is 2.24. The van der Waals surface area contributed by atoms with Crippen LogP contribution in [-0.4, -0.2) is 25.3 Å². The fraction of sp³-hybridized carbons (Fsp3) is 0.286. The molecule has 0 spiro atoms. The fourth-order valence-electron chi connectivity index (χ4n) is 1.98. The molecule has 120 valence electrons. The molecule has 3 heterocycles. The maximum atomic E-state index is 6.13. The van der Waals surface area contributed by atoms with E-state index in [-0.39, 0.29) is 6.04 Å². The molecule has 0 aliphatic carbocycles. The Kier molecular flexibility index (Phi) is 4.16. The van der Waals surface area contributed by atoms with Gasteiger partial charge in [0.1, 0.15) is 5.02 Å². The van der Waals surface area contributed by atoms with Gasteiger partial charge in [-0.3, -0.25) is 5.10 Å². The number of rotatable bonds is 5. The Hall–Kier alpha value is -2.61. The van der Waals surface area contributed by atoms with E-state index in [1.807, 2.05) is 32.9 Å². The third-order valence-corrected chi connectivity index (χ3v) is 3.39. The minimum Gasteiger partial charge on any atom is -0.359 e. The smallest absolute Gasteiger partial charge is 0.225 e. The summed E-state index contributed by atoms with van der Waals surface area (Å²) >= 11 is 6.13. The SMILES string of the molecule is Cc1cc(C(C)Nc2ncc(Cl)c(Nc3cc(C)[nH]n3)n2)on1. The van der Waals surface area contributed by atoms with Gasteiger partial charge in [-0.15, -0.1) is 0 Å². The maximum absolute atomic E-state index is 6.13. The van der Waals surface area contributed by atoms with Crippen molar-refractivity contribution in [2.75, 3.05) is 10.6 Å². The number of hydrogen-bond acceptors (Lipinski definition) is 7. The monoisotopic (exact) mass is 333 g/mol. The Bertz CT molecular complexity index is 813. The van der Waals surface area contributed by atoms with Gasteiger partial charge in [-0.2, -0.15) is 10.1 Å². The number of aromatic amines is 1. The summed E-state index contributed by atoms with van der Waals surface area (Å²) in [5.41, 5.74) is 1.76. The largest absolute Gasteiger partial charge is 0.359 e. The summed E-state index contributed by atoms with van der Waals surface area (Å²) in [5.74, 6) is 2.23. The molecule has 8 nitrogen and oxygen atoms in total. The molecule has 0 fully saturated rings. The second kappa shape index (κ2) is 6.25. The Morgan fingerprint density at radius 1 is 1.30 bits per heavy atom. The first-order chi connectivity index (χ1) is 11.0. The highest BCUT2D eigenvalue weighted by atomic mass is 35.5. The van der Waals surface area contributed by atoms with Gasteiger partial charge in [0.05, 0.1) is 17.9 Å². The van der Waals surface area contributed by atoms with Gasteiger partial charge < -0.3 is 15.2 Å². The van der Waals surface area contributed by atoms with Crippen LogP contribution in [0.5, 0.6) is 0 Å². The van der Waals surface area contributed by atoms with E-state index in [2.05, 4.69) is 36.0 Å². The summed E-state index contributed by atoms with van der Waals surface area (Å²) in [6.45, 7) is 5.71. The second-order valence-corrected chi connectivity index (χ2v) is 5.60. The highest BCUT2D eigenvalue weighted by molar-refractivity contribution is 6.32. The van der Waals surface area contributed by atoms with E-state index in [4.69, 9.17) is 16.1 Å². The molecule has 3 aromatic rings. The first kappa shape index (κ1) is 15.3. The molecule has 9 heteroatoms. The number of anilines is 3. The Morgan fingerprint density at radius 2 is 2.13 bits per heavy atom. The standard InChI is InChI=1S/C14H16ClN7O/c1-7-5-12(21-20-7)18-13-10(15)6-16-14(19-13)17-9(3)11-4-8(2)22-23-11/h4-6,9H,1-3H3,(H3,16,17,18,19,20,21). The van der Waals surface area contributed by atoms with Crippen LogP contribution in [0.3, 0.4) is 0 Å². The minimum absolute atomic E-state index is 0.127. The number of aryl methyl sites for hydroxylation is 2. The molecule has 0 amide bonds. The first-order valence-electron chi connectivity index (χ1n) is 7.02. The summed E-state index contributed by atoms with van der Waals surface area (Å²) in [6, 6.07) is 3.59. The van der Waals surface area contributed by atoms with Crippen molar-refractivity contribution in [1.82, 2.24) is 25.3 Å². The first-order valence-corrected chi connectivity index (χ1v) is 7.40. The Balaban J connectivity index is 1.77. The van der Waals surface area contributed by atoms with E-state index < -0.39 is 0 Å². The average Bonchev–Trinajstić information content (AvgIpc) is 3.11. The summed E-state index contributed by atoms with van der Waals surface area (Å²) in [6.07, 6.45) is 1.52. The predicted octanol–water partition coefficient (Wildman–Crippen LogP) is 3.37. The maximum Gasteiger partial charge on any atom is 0.225 e. The normalized spacial score (nSPS) is 12.2. The van der Waals surface area contributed by atoms with E-state index >= 15 is 0 Å². The van der Waals surface area contributed by atoms with Crippen LogP contribution in [0.25, 0.3) is 0 Å². The zero-order valence-corrected chi connectivity index (χ0v) is 13.6. The van der Waals surface area contributed by atoms with Crippen LogP contribution in [0.15, 0.2) is 22.9 Å². The fourth-order valence-corrected chi connectivity index (χ4v) is 2.12. The van der Waals surface area contributed by atoms with Crippen molar-refractivity contribution in [3.8, 4) is 0 Å². The van der Waals surface area contributed by atoms with Crippen LogP contribution in [0, 0.1) is 13.8 Å². The van der Waals surface area contributed by atoms with Crippen molar-refractivity contribution in [3.05, 3.63) is 40.5 Å². The van der Waals surface area contributed by atoms with Crippen LogP contribution >= 0.6 is 11.6 Å². The third kappa shape index (κ3) is 3.59. The van der Waals surface area contributed by atoms with Gasteiger partial charge in [0.2, 0.25) is 5.95 Å². The van der Waals surface area contributed by atoms with Crippen molar-refractivity contribution in [3.63, 3.8) is 0 Å². The number of nitrogens with one attached hydrogen (secondary N) is 3. The van der Waals surface area contributed by atoms with Gasteiger partial charge >= 0.3 is 0 Å². The molecule has 3 N–H and O–H groups in total. The van der Waals surface area contributed by atoms with E-state index in [0.717, 1.165) is 11.4 Å². The second-order valence-electron chi connectivity index (χ2n) is 5.19. The molecular formula is C14H16ClN7O. The minimum atomic E-state index is -0.127. The average molecular weight is 334 g/mol. The van der Waals surface area contributed by atoms with Crippen molar-refractivity contribution in [2.24, 2.45) is 0 Å². The molecule has 23 heavy (non-hydrogen) atoms. The van der Waals surface area contributed by atoms with Crippen molar-refractivity contribution < 1.29 is 4.52 Å². The van der Waals surface area contributed by atoms with Gasteiger partial charge in [-0.1, -0.05) is 16.8 Å². The van der Waals surface area contributed by atoms with E-state index in [1.165, 1.54) is 6.20 Å². The predicted molar refractivity (Wildman–Crippen MR) is 86.9 cm³/mol. The molecule has 0 aliphatic heterocycles. The zero-order valence-electron chi connectivity index (χ0n) is 12.9. The molecule has 3 rings (SSSR count). The van der Waals surface area contributed by atoms with Crippen LogP contribution in [0.4, 0.5) is 17.6 Å². The number of halogens is 1. The molecule has 0 aliphatic rings. The topological polar surface area (TPSA) is 105 Å². The lowest BCUT2D eigenvalue weighted by atomic mass is 10.2. The number of H-pyrrole nitrogens is 1. The van der Waals surface area contributed by atoms with Gasteiger partial charge in [-0.05, 0) is 20.8 Å². The van der Waals surface area contributed by atoms with Crippen molar-refractivity contribution in [2.45, 2.75) is 26.8 Å². The zero-order chi connectivity index (χ0) is 16.4. The number of nitrogens with zero attached hydrogens (tertiary/aromatic N) is 4. The Morgan fingerprint density at radius 3 is 2.78 bits per heavy atom. The van der Waals surface area contributed by atoms with Crippen molar-refractivity contribution >= 4 is 29.2 Å². The molecule has 0 bridgehead atoms. The van der Waals surface area contributed by atoms with Gasteiger partial charge in [0, 0.05) is 17.8 Å². The lowest BCUT2D eigenvalue weighted by Crippen LogP contribution is -2.09. The quantitative estimate of drug-likeness (QED) is 0.657. The molecule has 1 unspecified atom stereocenters.